The highest BCUT2D eigenvalue weighted by molar-refractivity contribution is 6.08. The van der Waals surface area contributed by atoms with E-state index in [2.05, 4.69) is 45.8 Å². The van der Waals surface area contributed by atoms with Crippen molar-refractivity contribution in [3.8, 4) is 0 Å². The third kappa shape index (κ3) is 7.85. The van der Waals surface area contributed by atoms with Gasteiger partial charge in [-0.05, 0) is 62.1 Å². The summed E-state index contributed by atoms with van der Waals surface area (Å²) in [7, 11) is 0. The monoisotopic (exact) mass is 838 g/mol. The number of morpholine rings is 1. The Morgan fingerprint density at radius 3 is 2.54 bits per heavy atom. The number of alkyl halides is 2. The second kappa shape index (κ2) is 16.2. The predicted molar refractivity (Wildman–Crippen MR) is 220 cm³/mol. The lowest BCUT2D eigenvalue weighted by molar-refractivity contribution is -0.134. The molecule has 19 heteroatoms. The van der Waals surface area contributed by atoms with Gasteiger partial charge in [0.25, 0.3) is 12.3 Å². The van der Waals surface area contributed by atoms with Crippen LogP contribution in [0.2, 0.25) is 0 Å². The molecule has 1 saturated carbocycles. The SMILES string of the molecule is O=C1CCC(c2c[nH]c3c(NC(=O)CN4CCN(CC5CCC(n6cc(NC(=O)c7cnn8ccc(N9C[C@H]%10C[C@@H]9CO%10)nc78)c(C(F)F)n6)CC5)CC4)cccc23)C(=O)N1. The Hall–Kier alpha value is -5.79. The number of fused-ring (bicyclic) bond motifs is 4. The molecule has 0 spiro atoms. The summed E-state index contributed by atoms with van der Waals surface area (Å²) in [5.74, 6) is -0.492. The number of benzene rings is 1. The smallest absolute Gasteiger partial charge is 0.284 e. The summed E-state index contributed by atoms with van der Waals surface area (Å²) < 4.78 is 37.4. The number of hydrogen-bond donors (Lipinski definition) is 4. The largest absolute Gasteiger partial charge is 0.374 e. The Morgan fingerprint density at radius 2 is 1.79 bits per heavy atom. The minimum Gasteiger partial charge on any atom is -0.374 e. The Kier molecular flexibility index (Phi) is 10.5. The number of amides is 4. The molecule has 2 bridgehead atoms. The van der Waals surface area contributed by atoms with E-state index in [1.54, 1.807) is 17.1 Å². The number of nitrogens with one attached hydrogen (secondary N) is 4. The molecule has 5 aliphatic rings. The van der Waals surface area contributed by atoms with E-state index in [9.17, 15) is 28.0 Å². The molecule has 5 fully saturated rings. The van der Waals surface area contributed by atoms with Crippen molar-refractivity contribution in [2.24, 2.45) is 5.92 Å². The molecule has 8 heterocycles. The summed E-state index contributed by atoms with van der Waals surface area (Å²) in [5.41, 5.74) is 2.27. The van der Waals surface area contributed by atoms with Crippen LogP contribution in [0.1, 0.15) is 84.9 Å². The average molecular weight is 839 g/mol. The predicted octanol–water partition coefficient (Wildman–Crippen LogP) is 4.08. The summed E-state index contributed by atoms with van der Waals surface area (Å²) in [6.45, 7) is 5.76. The highest BCUT2D eigenvalue weighted by Crippen LogP contribution is 2.37. The number of imide groups is 1. The Balaban J connectivity index is 0.699. The fraction of sp³-hybridized carbons (Fsp3) is 0.500. The first-order valence-electron chi connectivity index (χ1n) is 21.2. The molecule has 4 saturated heterocycles. The number of rotatable bonds is 11. The number of aromatic nitrogens is 6. The maximum atomic E-state index is 14.3. The van der Waals surface area contributed by atoms with Crippen LogP contribution in [0.4, 0.5) is 26.0 Å². The molecule has 320 valence electrons. The van der Waals surface area contributed by atoms with Gasteiger partial charge in [0, 0.05) is 69.7 Å². The maximum Gasteiger partial charge on any atom is 0.284 e. The third-order valence-corrected chi connectivity index (χ3v) is 13.2. The summed E-state index contributed by atoms with van der Waals surface area (Å²) in [6, 6.07) is 7.65. The third-order valence-electron chi connectivity index (χ3n) is 13.2. The number of aromatic amines is 1. The first-order chi connectivity index (χ1) is 29.6. The lowest BCUT2D eigenvalue weighted by Gasteiger charge is -2.38. The first kappa shape index (κ1) is 39.4. The molecule has 1 unspecified atom stereocenters. The molecular formula is C42H48F2N12O5. The van der Waals surface area contributed by atoms with Crippen molar-refractivity contribution in [3.63, 3.8) is 0 Å². The number of carbonyl (C=O) groups is 4. The van der Waals surface area contributed by atoms with E-state index in [1.807, 2.05) is 24.3 Å². The number of H-pyrrole nitrogens is 1. The number of anilines is 3. The van der Waals surface area contributed by atoms with Gasteiger partial charge in [-0.2, -0.15) is 10.2 Å². The van der Waals surface area contributed by atoms with E-state index < -0.39 is 23.9 Å². The van der Waals surface area contributed by atoms with Crippen LogP contribution in [0, 0.1) is 5.92 Å². The van der Waals surface area contributed by atoms with Crippen LogP contribution in [0.25, 0.3) is 16.6 Å². The van der Waals surface area contributed by atoms with Gasteiger partial charge in [0.15, 0.2) is 11.3 Å². The summed E-state index contributed by atoms with van der Waals surface area (Å²) in [5, 5.41) is 17.6. The van der Waals surface area contributed by atoms with Gasteiger partial charge in [0.1, 0.15) is 11.4 Å². The zero-order valence-corrected chi connectivity index (χ0v) is 33.6. The van der Waals surface area contributed by atoms with Crippen molar-refractivity contribution < 1.29 is 32.7 Å². The second-order valence-corrected chi connectivity index (χ2v) is 17.0. The average Bonchev–Trinajstić information content (AvgIpc) is 4.11. The minimum absolute atomic E-state index is 0.0153. The van der Waals surface area contributed by atoms with Gasteiger partial charge in [-0.15, -0.1) is 0 Å². The molecule has 4 N–H and O–H groups in total. The first-order valence-corrected chi connectivity index (χ1v) is 21.2. The fourth-order valence-corrected chi connectivity index (χ4v) is 9.94. The minimum atomic E-state index is -2.87. The molecule has 61 heavy (non-hydrogen) atoms. The van der Waals surface area contributed by atoms with Gasteiger partial charge in [0.2, 0.25) is 17.7 Å². The van der Waals surface area contributed by atoms with Gasteiger partial charge in [-0.1, -0.05) is 12.1 Å². The van der Waals surface area contributed by atoms with Crippen molar-refractivity contribution in [2.45, 2.75) is 75.5 Å². The van der Waals surface area contributed by atoms with Crippen LogP contribution in [0.3, 0.4) is 0 Å². The summed E-state index contributed by atoms with van der Waals surface area (Å²) in [4.78, 5) is 65.6. The molecule has 17 nitrogen and oxygen atoms in total. The molecule has 3 atom stereocenters. The highest BCUT2D eigenvalue weighted by Gasteiger charge is 2.40. The van der Waals surface area contributed by atoms with E-state index >= 15 is 0 Å². The highest BCUT2D eigenvalue weighted by atomic mass is 19.3. The Bertz CT molecular complexity index is 2490. The van der Waals surface area contributed by atoms with Crippen molar-refractivity contribution in [1.29, 1.82) is 0 Å². The normalized spacial score (nSPS) is 24.9. The van der Waals surface area contributed by atoms with Gasteiger partial charge >= 0.3 is 0 Å². The Labute approximate surface area is 349 Å². The number of ether oxygens (including phenoxy) is 1. The molecular weight excluding hydrogens is 791 g/mol. The van der Waals surface area contributed by atoms with Crippen LogP contribution in [-0.4, -0.2) is 127 Å². The topological polar surface area (TPSA) is 187 Å². The van der Waals surface area contributed by atoms with E-state index in [0.29, 0.717) is 36.7 Å². The number of piperazine rings is 1. The molecule has 10 rings (SSSR count). The zero-order chi connectivity index (χ0) is 41.8. The molecule has 4 aromatic heterocycles. The van der Waals surface area contributed by atoms with Gasteiger partial charge in [-0.3, -0.25) is 34.1 Å². The molecule has 5 aromatic rings. The number of para-hydroxylation sites is 1. The van der Waals surface area contributed by atoms with Crippen molar-refractivity contribution in [2.75, 3.05) is 68.0 Å². The van der Waals surface area contributed by atoms with Gasteiger partial charge < -0.3 is 30.2 Å². The van der Waals surface area contributed by atoms with Crippen molar-refractivity contribution in [1.82, 2.24) is 44.5 Å². The molecule has 4 amide bonds. The molecule has 0 radical (unpaired) electrons. The van der Waals surface area contributed by atoms with E-state index in [4.69, 9.17) is 9.72 Å². The quantitative estimate of drug-likeness (QED) is 0.141. The number of piperidine rings is 1. The molecule has 1 aromatic carbocycles. The lowest BCUT2D eigenvalue weighted by atomic mass is 9.85. The van der Waals surface area contributed by atoms with Crippen LogP contribution in [0.5, 0.6) is 0 Å². The van der Waals surface area contributed by atoms with Crippen LogP contribution < -0.4 is 20.9 Å². The summed E-state index contributed by atoms with van der Waals surface area (Å²) >= 11 is 0. The van der Waals surface area contributed by atoms with E-state index in [-0.39, 0.29) is 53.7 Å². The van der Waals surface area contributed by atoms with Gasteiger partial charge in [0.05, 0.1) is 60.3 Å². The number of nitrogens with zero attached hydrogens (tertiary/aromatic N) is 8. The standard InChI is InChI=1S/C42H48F2N12O5/c43-39(44)38-33(48-42(60)31-18-46-55-11-10-34(49-40(31)55)54-20-27-16-26(54)23-61-27)21-56(51-38)25-6-4-24(5-7-25)19-52-12-14-53(15-13-52)22-36(58)47-32-3-1-2-28-30(17-45-37(28)32)29-8-9-35(57)50-41(29)59/h1-3,10-11,17-18,21,24-27,29,39,45H,4-9,12-16,19-20,22-23H2,(H,47,58)(H,48,60)(H,50,57,59)/t24?,25?,26-,27-,29?/m1/s1. The number of hydrogen-bond acceptors (Lipinski definition) is 11. The molecule has 4 aliphatic heterocycles. The van der Waals surface area contributed by atoms with Gasteiger partial charge in [-0.25, -0.2) is 18.3 Å². The van der Waals surface area contributed by atoms with E-state index in [0.717, 1.165) is 93.7 Å². The fourth-order valence-electron chi connectivity index (χ4n) is 9.94. The van der Waals surface area contributed by atoms with Crippen LogP contribution in [0.15, 0.2) is 49.1 Å². The van der Waals surface area contributed by atoms with Crippen molar-refractivity contribution >= 4 is 57.4 Å². The summed E-state index contributed by atoms with van der Waals surface area (Å²) in [6.07, 6.45) is 8.89. The maximum absolute atomic E-state index is 14.3. The van der Waals surface area contributed by atoms with E-state index in [1.165, 1.54) is 16.9 Å². The lowest BCUT2D eigenvalue weighted by Crippen LogP contribution is -2.49. The van der Waals surface area contributed by atoms with Crippen LogP contribution in [-0.2, 0) is 19.1 Å². The zero-order valence-electron chi connectivity index (χ0n) is 33.6. The number of halogens is 2. The van der Waals surface area contributed by atoms with Crippen LogP contribution >= 0.6 is 0 Å². The number of carbonyl (C=O) groups excluding carboxylic acids is 4. The molecule has 1 aliphatic carbocycles. The van der Waals surface area contributed by atoms with Crippen molar-refractivity contribution in [3.05, 3.63) is 65.9 Å². The Morgan fingerprint density at radius 1 is 0.967 bits per heavy atom. The second-order valence-electron chi connectivity index (χ2n) is 17.0.